The molecule has 4 rings (SSSR count). The number of ether oxygens (including phenoxy) is 2. The van der Waals surface area contributed by atoms with E-state index in [-0.39, 0.29) is 5.91 Å². The lowest BCUT2D eigenvalue weighted by Gasteiger charge is -2.10. The molecule has 7 heteroatoms. The first-order valence-corrected chi connectivity index (χ1v) is 9.06. The molecule has 0 aliphatic carbocycles. The summed E-state index contributed by atoms with van der Waals surface area (Å²) in [5, 5.41) is 2.88. The van der Waals surface area contributed by atoms with Crippen molar-refractivity contribution in [2.75, 3.05) is 14.2 Å². The highest BCUT2D eigenvalue weighted by molar-refractivity contribution is 5.92. The molecule has 1 N–H and O–H groups in total. The van der Waals surface area contributed by atoms with E-state index in [2.05, 4.69) is 15.3 Å². The first-order chi connectivity index (χ1) is 14.2. The second kappa shape index (κ2) is 8.02. The second-order valence-corrected chi connectivity index (χ2v) is 6.42. The van der Waals surface area contributed by atoms with Crippen LogP contribution in [0.4, 0.5) is 0 Å². The molecular weight excluding hydrogens is 368 g/mol. The van der Waals surface area contributed by atoms with E-state index >= 15 is 0 Å². The van der Waals surface area contributed by atoms with Crippen LogP contribution in [0.1, 0.15) is 16.1 Å². The Kier molecular flexibility index (Phi) is 5.11. The van der Waals surface area contributed by atoms with Crippen molar-refractivity contribution in [2.45, 2.75) is 6.54 Å². The molecule has 0 aliphatic heterocycles. The molecule has 7 nitrogen and oxygen atoms in total. The minimum absolute atomic E-state index is 0.224. The van der Waals surface area contributed by atoms with Gasteiger partial charge >= 0.3 is 0 Å². The number of carbonyl (C=O) groups excluding carboxylic acids is 1. The number of nitrogens with one attached hydrogen (secondary N) is 1. The number of hydrogen-bond donors (Lipinski definition) is 1. The Morgan fingerprint density at radius 3 is 2.48 bits per heavy atom. The van der Waals surface area contributed by atoms with E-state index in [0.29, 0.717) is 29.4 Å². The summed E-state index contributed by atoms with van der Waals surface area (Å²) >= 11 is 0. The van der Waals surface area contributed by atoms with Crippen LogP contribution in [0.25, 0.3) is 16.8 Å². The van der Waals surface area contributed by atoms with E-state index in [1.165, 1.54) is 0 Å². The van der Waals surface area contributed by atoms with Crippen LogP contribution >= 0.6 is 0 Å². The average molecular weight is 388 g/mol. The number of methoxy groups -OCH3 is 2. The van der Waals surface area contributed by atoms with Crippen LogP contribution in [-0.4, -0.2) is 34.5 Å². The van der Waals surface area contributed by atoms with Gasteiger partial charge in [-0.15, -0.1) is 0 Å². The number of hydrogen-bond acceptors (Lipinski definition) is 5. The molecule has 1 amide bonds. The molecule has 0 unspecified atom stereocenters. The zero-order valence-electron chi connectivity index (χ0n) is 16.1. The van der Waals surface area contributed by atoms with Gasteiger partial charge in [0.15, 0.2) is 11.5 Å². The number of pyridine rings is 2. The Morgan fingerprint density at radius 1 is 0.966 bits per heavy atom. The van der Waals surface area contributed by atoms with Gasteiger partial charge in [-0.2, -0.15) is 0 Å². The zero-order valence-corrected chi connectivity index (χ0v) is 16.1. The van der Waals surface area contributed by atoms with Gasteiger partial charge in [-0.05, 0) is 53.1 Å². The lowest BCUT2D eigenvalue weighted by Crippen LogP contribution is -2.23. The third-order valence-electron chi connectivity index (χ3n) is 4.60. The Balaban J connectivity index is 1.57. The predicted molar refractivity (Wildman–Crippen MR) is 109 cm³/mol. The number of fused-ring (bicyclic) bond motifs is 1. The number of imidazole rings is 1. The van der Waals surface area contributed by atoms with E-state index in [4.69, 9.17) is 9.47 Å². The van der Waals surface area contributed by atoms with E-state index < -0.39 is 0 Å². The van der Waals surface area contributed by atoms with Crippen molar-refractivity contribution in [1.29, 1.82) is 0 Å². The molecule has 0 saturated carbocycles. The van der Waals surface area contributed by atoms with Gasteiger partial charge in [0.2, 0.25) is 0 Å². The van der Waals surface area contributed by atoms with Crippen molar-refractivity contribution in [1.82, 2.24) is 19.7 Å². The quantitative estimate of drug-likeness (QED) is 0.548. The average Bonchev–Trinajstić information content (AvgIpc) is 3.21. The highest BCUT2D eigenvalue weighted by Gasteiger charge is 2.12. The molecule has 0 bridgehead atoms. The van der Waals surface area contributed by atoms with Gasteiger partial charge in [0.1, 0.15) is 11.3 Å². The highest BCUT2D eigenvalue weighted by atomic mass is 16.5. The summed E-state index contributed by atoms with van der Waals surface area (Å²) in [6.07, 6.45) is 7.05. The molecular formula is C22H20N4O3. The lowest BCUT2D eigenvalue weighted by molar-refractivity contribution is 0.0946. The van der Waals surface area contributed by atoms with Gasteiger partial charge in [-0.3, -0.25) is 9.78 Å². The van der Waals surface area contributed by atoms with Gasteiger partial charge in [-0.25, -0.2) is 4.98 Å². The van der Waals surface area contributed by atoms with Crippen molar-refractivity contribution in [3.05, 3.63) is 78.5 Å². The predicted octanol–water partition coefficient (Wildman–Crippen LogP) is 3.34. The standard InChI is InChI=1S/C22H20N4O3/c1-28-19-5-3-16(11-20(19)29-2)17-4-6-21-25-18(14-26(21)13-17)22(27)24-12-15-7-9-23-10-8-15/h3-11,13-14H,12H2,1-2H3,(H,24,27). The molecule has 0 radical (unpaired) electrons. The molecule has 0 spiro atoms. The molecule has 4 aromatic rings. The summed E-state index contributed by atoms with van der Waals surface area (Å²) in [6, 6.07) is 13.3. The summed E-state index contributed by atoms with van der Waals surface area (Å²) in [6.45, 7) is 0.423. The van der Waals surface area contributed by atoms with Gasteiger partial charge < -0.3 is 19.2 Å². The highest BCUT2D eigenvalue weighted by Crippen LogP contribution is 2.32. The smallest absolute Gasteiger partial charge is 0.271 e. The molecule has 0 fully saturated rings. The summed E-state index contributed by atoms with van der Waals surface area (Å²) in [7, 11) is 3.22. The first-order valence-electron chi connectivity index (χ1n) is 9.06. The van der Waals surface area contributed by atoms with Crippen molar-refractivity contribution >= 4 is 11.6 Å². The first kappa shape index (κ1) is 18.5. The number of nitrogens with zero attached hydrogens (tertiary/aromatic N) is 3. The Bertz CT molecular complexity index is 1160. The van der Waals surface area contributed by atoms with Crippen molar-refractivity contribution in [2.24, 2.45) is 0 Å². The van der Waals surface area contributed by atoms with Crippen LogP contribution in [0, 0.1) is 0 Å². The van der Waals surface area contributed by atoms with Crippen molar-refractivity contribution in [3.8, 4) is 22.6 Å². The monoisotopic (exact) mass is 388 g/mol. The molecule has 3 aromatic heterocycles. The maximum Gasteiger partial charge on any atom is 0.271 e. The number of rotatable bonds is 6. The van der Waals surface area contributed by atoms with Crippen LogP contribution in [0.15, 0.2) is 67.3 Å². The van der Waals surface area contributed by atoms with E-state index in [1.54, 1.807) is 32.8 Å². The van der Waals surface area contributed by atoms with E-state index in [9.17, 15) is 4.79 Å². The largest absolute Gasteiger partial charge is 0.493 e. The third kappa shape index (κ3) is 3.89. The Morgan fingerprint density at radius 2 is 1.72 bits per heavy atom. The SMILES string of the molecule is COc1ccc(-c2ccc3nc(C(=O)NCc4ccncc4)cn3c2)cc1OC. The third-order valence-corrected chi connectivity index (χ3v) is 4.60. The molecule has 1 aromatic carbocycles. The van der Waals surface area contributed by atoms with Crippen LogP contribution in [0.5, 0.6) is 11.5 Å². The van der Waals surface area contributed by atoms with Crippen LogP contribution in [0.2, 0.25) is 0 Å². The normalized spacial score (nSPS) is 10.7. The molecule has 0 aliphatic rings. The molecule has 3 heterocycles. The fourth-order valence-corrected chi connectivity index (χ4v) is 3.06. The summed E-state index contributed by atoms with van der Waals surface area (Å²) in [5.41, 5.74) is 3.99. The Labute approximate surface area is 168 Å². The fraction of sp³-hybridized carbons (Fsp3) is 0.136. The molecule has 0 saturated heterocycles. The molecule has 146 valence electrons. The number of amides is 1. The van der Waals surface area contributed by atoms with Crippen LogP contribution in [-0.2, 0) is 6.54 Å². The summed E-state index contributed by atoms with van der Waals surface area (Å²) < 4.78 is 12.5. The fourth-order valence-electron chi connectivity index (χ4n) is 3.06. The number of carbonyl (C=O) groups is 1. The van der Waals surface area contributed by atoms with E-state index in [1.807, 2.05) is 53.1 Å². The molecule has 29 heavy (non-hydrogen) atoms. The minimum Gasteiger partial charge on any atom is -0.493 e. The van der Waals surface area contributed by atoms with Crippen LogP contribution < -0.4 is 14.8 Å². The molecule has 0 atom stereocenters. The topological polar surface area (TPSA) is 77.8 Å². The number of aromatic nitrogens is 3. The zero-order chi connectivity index (χ0) is 20.2. The van der Waals surface area contributed by atoms with Gasteiger partial charge in [0.25, 0.3) is 5.91 Å². The maximum atomic E-state index is 12.5. The minimum atomic E-state index is -0.224. The van der Waals surface area contributed by atoms with Crippen LogP contribution in [0.3, 0.4) is 0 Å². The van der Waals surface area contributed by atoms with Gasteiger partial charge in [0, 0.05) is 31.3 Å². The van der Waals surface area contributed by atoms with E-state index in [0.717, 1.165) is 16.7 Å². The lowest BCUT2D eigenvalue weighted by atomic mass is 10.1. The van der Waals surface area contributed by atoms with Crippen molar-refractivity contribution < 1.29 is 14.3 Å². The summed E-state index contributed by atoms with van der Waals surface area (Å²) in [5.74, 6) is 1.11. The number of benzene rings is 1. The second-order valence-electron chi connectivity index (χ2n) is 6.42. The Hall–Kier alpha value is -3.87. The van der Waals surface area contributed by atoms with Crippen molar-refractivity contribution in [3.63, 3.8) is 0 Å². The maximum absolute atomic E-state index is 12.5. The van der Waals surface area contributed by atoms with Gasteiger partial charge in [-0.1, -0.05) is 6.07 Å². The summed E-state index contributed by atoms with van der Waals surface area (Å²) in [4.78, 5) is 20.8. The van der Waals surface area contributed by atoms with Gasteiger partial charge in [0.05, 0.1) is 14.2 Å².